The number of anilines is 1. The number of alkyl halides is 3. The zero-order valence-electron chi connectivity index (χ0n) is 19.0. The molecule has 3 aromatic rings. The summed E-state index contributed by atoms with van der Waals surface area (Å²) in [5.74, 6) is 6.32. The number of halogens is 3. The average molecular weight is 485 g/mol. The van der Waals surface area contributed by atoms with Crippen LogP contribution in [-0.2, 0) is 11.0 Å². The van der Waals surface area contributed by atoms with Gasteiger partial charge < -0.3 is 20.1 Å². The number of hydrogen-bond donors (Lipinski definition) is 1. The largest absolute Gasteiger partial charge is 0.497 e. The highest BCUT2D eigenvalue weighted by Gasteiger charge is 2.38. The number of carbonyl (C=O) groups excluding carboxylic acids is 1. The van der Waals surface area contributed by atoms with Gasteiger partial charge in [0.25, 0.3) is 0 Å². The van der Waals surface area contributed by atoms with Crippen molar-refractivity contribution >= 4 is 22.6 Å². The number of likely N-dealkylation sites (tertiary alicyclic amines) is 1. The number of methoxy groups -OCH3 is 2. The molecule has 1 aliphatic rings. The lowest BCUT2D eigenvalue weighted by Gasteiger charge is -2.17. The number of amides is 1. The molecule has 2 N–H and O–H groups in total. The van der Waals surface area contributed by atoms with Gasteiger partial charge in [0.05, 0.1) is 36.7 Å². The van der Waals surface area contributed by atoms with Crippen LogP contribution >= 0.6 is 0 Å². The second-order valence-corrected chi connectivity index (χ2v) is 7.85. The molecule has 11 heteroatoms. The minimum atomic E-state index is -4.70. The third-order valence-electron chi connectivity index (χ3n) is 5.73. The van der Waals surface area contributed by atoms with Gasteiger partial charge in [-0.05, 0) is 30.6 Å². The SMILES string of the molecule is C=CC(=O)N1CCC(n2nc(C#Cc3cc(OC)cc(OC)c3)c3c(N)ncc(C(F)(F)F)c32)C1. The molecule has 3 heterocycles. The van der Waals surface area contributed by atoms with Crippen molar-refractivity contribution < 1.29 is 27.4 Å². The Morgan fingerprint density at radius 2 is 1.91 bits per heavy atom. The maximum atomic E-state index is 13.9. The fourth-order valence-corrected chi connectivity index (χ4v) is 4.04. The number of benzene rings is 1. The number of nitrogen functional groups attached to an aromatic ring is 1. The van der Waals surface area contributed by atoms with Crippen molar-refractivity contribution in [2.45, 2.75) is 18.6 Å². The molecule has 0 saturated carbocycles. The van der Waals surface area contributed by atoms with Crippen LogP contribution in [0.15, 0.2) is 37.1 Å². The molecule has 1 saturated heterocycles. The van der Waals surface area contributed by atoms with Crippen LogP contribution in [0.2, 0.25) is 0 Å². The van der Waals surface area contributed by atoms with Crippen LogP contribution in [0, 0.1) is 11.8 Å². The Kier molecular flexibility index (Phi) is 6.30. The van der Waals surface area contributed by atoms with Crippen molar-refractivity contribution in [1.29, 1.82) is 0 Å². The van der Waals surface area contributed by atoms with E-state index in [0.717, 1.165) is 0 Å². The standard InChI is InChI=1S/C24H22F3N5O3/c1-4-20(33)31-8-7-15(13-31)32-22-18(24(25,26)27)12-29-23(28)21(22)19(30-32)6-5-14-9-16(34-2)11-17(10-14)35-3/h4,9-12,15H,1,7-8,13H2,2-3H3,(H2,28,29). The van der Waals surface area contributed by atoms with Gasteiger partial charge in [-0.2, -0.15) is 18.3 Å². The molecule has 0 radical (unpaired) electrons. The Hall–Kier alpha value is -4.20. The third-order valence-corrected chi connectivity index (χ3v) is 5.73. The number of pyridine rings is 1. The van der Waals surface area contributed by atoms with Gasteiger partial charge in [0.1, 0.15) is 23.0 Å². The first-order chi connectivity index (χ1) is 16.7. The molecular weight excluding hydrogens is 463 g/mol. The van der Waals surface area contributed by atoms with Crippen molar-refractivity contribution in [3.8, 4) is 23.3 Å². The maximum absolute atomic E-state index is 13.9. The summed E-state index contributed by atoms with van der Waals surface area (Å²) in [5, 5.41) is 4.43. The number of nitrogens with two attached hydrogens (primary N) is 1. The quantitative estimate of drug-likeness (QED) is 0.450. The Bertz CT molecular complexity index is 1350. The van der Waals surface area contributed by atoms with E-state index in [1.54, 1.807) is 18.2 Å². The van der Waals surface area contributed by atoms with Crippen LogP contribution in [0.25, 0.3) is 10.9 Å². The average Bonchev–Trinajstić information content (AvgIpc) is 3.47. The summed E-state index contributed by atoms with van der Waals surface area (Å²) in [5.41, 5.74) is 5.39. The predicted octanol–water partition coefficient (Wildman–Crippen LogP) is 3.41. The lowest BCUT2D eigenvalue weighted by molar-refractivity contribution is -0.136. The summed E-state index contributed by atoms with van der Waals surface area (Å²) in [4.78, 5) is 17.3. The van der Waals surface area contributed by atoms with E-state index in [2.05, 4.69) is 28.5 Å². The van der Waals surface area contributed by atoms with E-state index in [1.165, 1.54) is 29.9 Å². The number of rotatable bonds is 4. The molecule has 1 atom stereocenters. The number of hydrogen-bond acceptors (Lipinski definition) is 6. The highest BCUT2D eigenvalue weighted by molar-refractivity contribution is 5.95. The van der Waals surface area contributed by atoms with E-state index in [0.29, 0.717) is 36.2 Å². The molecule has 0 aliphatic carbocycles. The lowest BCUT2D eigenvalue weighted by Crippen LogP contribution is -2.27. The highest BCUT2D eigenvalue weighted by atomic mass is 19.4. The molecule has 0 spiro atoms. The number of aromatic nitrogens is 3. The van der Waals surface area contributed by atoms with E-state index in [4.69, 9.17) is 15.2 Å². The van der Waals surface area contributed by atoms with Crippen molar-refractivity contribution in [2.75, 3.05) is 33.0 Å². The second kappa shape index (κ2) is 9.21. The summed E-state index contributed by atoms with van der Waals surface area (Å²) in [6.45, 7) is 4.02. The Balaban J connectivity index is 1.88. The predicted molar refractivity (Wildman–Crippen MR) is 123 cm³/mol. The minimum absolute atomic E-state index is 0.00989. The van der Waals surface area contributed by atoms with Gasteiger partial charge in [0.15, 0.2) is 0 Å². The molecule has 1 aromatic carbocycles. The van der Waals surface area contributed by atoms with Crippen LogP contribution in [-0.4, -0.2) is 52.9 Å². The molecule has 1 unspecified atom stereocenters. The van der Waals surface area contributed by atoms with Crippen LogP contribution in [0.5, 0.6) is 11.5 Å². The van der Waals surface area contributed by atoms with Gasteiger partial charge in [0.2, 0.25) is 5.91 Å². The number of carbonyl (C=O) groups is 1. The second-order valence-electron chi connectivity index (χ2n) is 7.85. The fourth-order valence-electron chi connectivity index (χ4n) is 4.04. The van der Waals surface area contributed by atoms with Crippen molar-refractivity contribution in [3.63, 3.8) is 0 Å². The summed E-state index contributed by atoms with van der Waals surface area (Å²) in [7, 11) is 2.99. The zero-order chi connectivity index (χ0) is 25.3. The molecule has 8 nitrogen and oxygen atoms in total. The van der Waals surface area contributed by atoms with Gasteiger partial charge >= 0.3 is 6.18 Å². The van der Waals surface area contributed by atoms with Gasteiger partial charge in [0, 0.05) is 30.9 Å². The summed E-state index contributed by atoms with van der Waals surface area (Å²) >= 11 is 0. The van der Waals surface area contributed by atoms with Crippen LogP contribution < -0.4 is 15.2 Å². The van der Waals surface area contributed by atoms with Crippen LogP contribution in [0.1, 0.15) is 29.3 Å². The van der Waals surface area contributed by atoms with Crippen LogP contribution in [0.4, 0.5) is 19.0 Å². The maximum Gasteiger partial charge on any atom is 0.419 e. The summed E-state index contributed by atoms with van der Waals surface area (Å²) in [6, 6.07) is 4.49. The third kappa shape index (κ3) is 4.59. The fraction of sp³-hybridized carbons (Fsp3) is 0.292. The number of fused-ring (bicyclic) bond motifs is 1. The monoisotopic (exact) mass is 485 g/mol. The normalized spacial score (nSPS) is 15.6. The Morgan fingerprint density at radius 3 is 2.51 bits per heavy atom. The minimum Gasteiger partial charge on any atom is -0.497 e. The molecule has 4 rings (SSSR count). The van der Waals surface area contributed by atoms with Gasteiger partial charge in [-0.25, -0.2) is 4.98 Å². The molecular formula is C24H22F3N5O3. The Labute approximate surface area is 199 Å². The molecule has 1 aliphatic heterocycles. The van der Waals surface area contributed by atoms with Crippen LogP contribution in [0.3, 0.4) is 0 Å². The topological polar surface area (TPSA) is 95.5 Å². The van der Waals surface area contributed by atoms with E-state index >= 15 is 0 Å². The van der Waals surface area contributed by atoms with Gasteiger partial charge in [-0.1, -0.05) is 12.5 Å². The molecule has 35 heavy (non-hydrogen) atoms. The highest BCUT2D eigenvalue weighted by Crippen LogP contribution is 2.39. The first-order valence-corrected chi connectivity index (χ1v) is 10.6. The zero-order valence-corrected chi connectivity index (χ0v) is 19.0. The van der Waals surface area contributed by atoms with E-state index < -0.39 is 17.8 Å². The van der Waals surface area contributed by atoms with E-state index in [1.807, 2.05) is 0 Å². The lowest BCUT2D eigenvalue weighted by atomic mass is 10.1. The first-order valence-electron chi connectivity index (χ1n) is 10.6. The molecule has 0 bridgehead atoms. The molecule has 1 fully saturated rings. The number of nitrogens with zero attached hydrogens (tertiary/aromatic N) is 4. The van der Waals surface area contributed by atoms with Gasteiger partial charge in [-0.3, -0.25) is 9.48 Å². The van der Waals surface area contributed by atoms with Crippen molar-refractivity contribution in [3.05, 3.63) is 53.9 Å². The first kappa shape index (κ1) is 23.9. The van der Waals surface area contributed by atoms with Gasteiger partial charge in [-0.15, -0.1) is 0 Å². The molecule has 2 aromatic heterocycles. The molecule has 1 amide bonds. The Morgan fingerprint density at radius 1 is 1.23 bits per heavy atom. The summed E-state index contributed by atoms with van der Waals surface area (Å²) < 4.78 is 53.6. The van der Waals surface area contributed by atoms with Crippen molar-refractivity contribution in [1.82, 2.24) is 19.7 Å². The number of ether oxygens (including phenoxy) is 2. The van der Waals surface area contributed by atoms with Crippen molar-refractivity contribution in [2.24, 2.45) is 0 Å². The molecule has 182 valence electrons. The smallest absolute Gasteiger partial charge is 0.419 e. The summed E-state index contributed by atoms with van der Waals surface area (Å²) in [6.07, 6.45) is -2.42. The van der Waals surface area contributed by atoms with E-state index in [-0.39, 0.29) is 34.9 Å². The van der Waals surface area contributed by atoms with E-state index in [9.17, 15) is 18.0 Å².